The molecule has 0 fully saturated rings. The number of nitrogens with one attached hydrogen (secondary N) is 2. The van der Waals surface area contributed by atoms with Crippen molar-refractivity contribution in [3.63, 3.8) is 0 Å². The van der Waals surface area contributed by atoms with E-state index < -0.39 is 0 Å². The van der Waals surface area contributed by atoms with Crippen molar-refractivity contribution < 1.29 is 14.3 Å². The molecule has 1 amide bonds. The molecule has 0 atom stereocenters. The summed E-state index contributed by atoms with van der Waals surface area (Å²) in [6.07, 6.45) is 0. The van der Waals surface area contributed by atoms with E-state index in [1.54, 1.807) is 24.3 Å². The third-order valence-electron chi connectivity index (χ3n) is 3.77. The van der Waals surface area contributed by atoms with Crippen LogP contribution in [0.15, 0.2) is 83.3 Å². The fourth-order valence-corrected chi connectivity index (χ4v) is 3.08. The number of amides is 1. The molecule has 0 bridgehead atoms. The van der Waals surface area contributed by atoms with Crippen LogP contribution in [0.4, 0.5) is 5.69 Å². The number of benzene rings is 3. The molecule has 0 aliphatic carbocycles. The second-order valence-electron chi connectivity index (χ2n) is 5.96. The van der Waals surface area contributed by atoms with Gasteiger partial charge in [0.05, 0.1) is 0 Å². The summed E-state index contributed by atoms with van der Waals surface area (Å²) in [6, 6.07) is 23.9. The maximum Gasteiger partial charge on any atom is 0.257 e. The number of hydrogen-bond donors (Lipinski definition) is 2. The van der Waals surface area contributed by atoms with Crippen molar-refractivity contribution in [2.45, 2.75) is 0 Å². The predicted molar refractivity (Wildman–Crippen MR) is 122 cm³/mol. The lowest BCUT2D eigenvalue weighted by atomic mass is 10.2. The Balaban J connectivity index is 1.48. The van der Waals surface area contributed by atoms with E-state index in [1.807, 2.05) is 54.6 Å². The second kappa shape index (κ2) is 10.6. The Morgan fingerprint density at radius 3 is 2.31 bits per heavy atom. The largest absolute Gasteiger partial charge is 0.490 e. The van der Waals surface area contributed by atoms with Crippen molar-refractivity contribution in [2.24, 2.45) is 0 Å². The van der Waals surface area contributed by atoms with Crippen molar-refractivity contribution in [1.29, 1.82) is 0 Å². The highest BCUT2D eigenvalue weighted by Gasteiger charge is 2.09. The highest BCUT2D eigenvalue weighted by Crippen LogP contribution is 2.16. The molecule has 0 saturated carbocycles. The molecule has 0 saturated heterocycles. The molecule has 0 spiro atoms. The number of anilines is 1. The van der Waals surface area contributed by atoms with Gasteiger partial charge in [-0.1, -0.05) is 46.3 Å². The maximum absolute atomic E-state index is 12.5. The van der Waals surface area contributed by atoms with E-state index in [9.17, 15) is 4.79 Å². The molecule has 7 heteroatoms. The van der Waals surface area contributed by atoms with Crippen LogP contribution in [-0.2, 0) is 0 Å². The summed E-state index contributed by atoms with van der Waals surface area (Å²) >= 11 is 8.61. The van der Waals surface area contributed by atoms with Crippen LogP contribution in [0, 0.1) is 0 Å². The normalized spacial score (nSPS) is 10.1. The minimum absolute atomic E-state index is 0.218. The molecule has 148 valence electrons. The number of rotatable bonds is 7. The van der Waals surface area contributed by atoms with E-state index in [-0.39, 0.29) is 11.0 Å². The second-order valence-corrected chi connectivity index (χ2v) is 7.28. The van der Waals surface area contributed by atoms with Crippen molar-refractivity contribution >= 4 is 44.9 Å². The average molecular weight is 471 g/mol. The van der Waals surface area contributed by atoms with Gasteiger partial charge in [0.2, 0.25) is 0 Å². The van der Waals surface area contributed by atoms with Crippen LogP contribution in [0.3, 0.4) is 0 Å². The van der Waals surface area contributed by atoms with Gasteiger partial charge in [-0.2, -0.15) is 0 Å². The molecule has 3 rings (SSSR count). The first-order chi connectivity index (χ1) is 14.1. The summed E-state index contributed by atoms with van der Waals surface area (Å²) in [6.45, 7) is 0.768. The number of hydrogen-bond acceptors (Lipinski definition) is 4. The first-order valence-corrected chi connectivity index (χ1v) is 10.1. The van der Waals surface area contributed by atoms with Crippen molar-refractivity contribution in [3.8, 4) is 11.5 Å². The third-order valence-corrected chi connectivity index (χ3v) is 4.47. The van der Waals surface area contributed by atoms with Crippen LogP contribution in [-0.4, -0.2) is 24.2 Å². The molecule has 0 radical (unpaired) electrons. The number of thiocarbonyl (C=S) groups is 1. The lowest BCUT2D eigenvalue weighted by Gasteiger charge is -2.11. The SMILES string of the molecule is O=C(NC(=S)Nc1cccc(Br)c1)c1cccc(OCCOc2ccccc2)c1. The van der Waals surface area contributed by atoms with Crippen LogP contribution < -0.4 is 20.1 Å². The van der Waals surface area contributed by atoms with Crippen LogP contribution >= 0.6 is 28.1 Å². The van der Waals surface area contributed by atoms with Gasteiger partial charge in [-0.25, -0.2) is 0 Å². The first kappa shape index (κ1) is 20.8. The zero-order valence-electron chi connectivity index (χ0n) is 15.4. The Labute approximate surface area is 183 Å². The third kappa shape index (κ3) is 6.89. The number of carbonyl (C=O) groups is 1. The summed E-state index contributed by atoms with van der Waals surface area (Å²) in [5.74, 6) is 1.05. The lowest BCUT2D eigenvalue weighted by molar-refractivity contribution is 0.0977. The van der Waals surface area contributed by atoms with E-state index in [0.717, 1.165) is 15.9 Å². The Morgan fingerprint density at radius 1 is 0.862 bits per heavy atom. The van der Waals surface area contributed by atoms with Crippen molar-refractivity contribution in [2.75, 3.05) is 18.5 Å². The quantitative estimate of drug-likeness (QED) is 0.374. The Kier molecular flexibility index (Phi) is 7.61. The molecular formula is C22H19BrN2O3S. The summed E-state index contributed by atoms with van der Waals surface area (Å²) in [4.78, 5) is 12.5. The van der Waals surface area contributed by atoms with E-state index in [2.05, 4.69) is 26.6 Å². The molecule has 0 aromatic heterocycles. The smallest absolute Gasteiger partial charge is 0.257 e. The topological polar surface area (TPSA) is 59.6 Å². The van der Waals surface area contributed by atoms with Gasteiger partial charge in [-0.15, -0.1) is 0 Å². The highest BCUT2D eigenvalue weighted by atomic mass is 79.9. The van der Waals surface area contributed by atoms with Gasteiger partial charge in [0.1, 0.15) is 24.7 Å². The molecular weight excluding hydrogens is 452 g/mol. The van der Waals surface area contributed by atoms with E-state index in [0.29, 0.717) is 24.5 Å². The van der Waals surface area contributed by atoms with E-state index in [4.69, 9.17) is 21.7 Å². The van der Waals surface area contributed by atoms with Crippen LogP contribution in [0.25, 0.3) is 0 Å². The minimum Gasteiger partial charge on any atom is -0.490 e. The van der Waals surface area contributed by atoms with Gasteiger partial charge >= 0.3 is 0 Å². The first-order valence-electron chi connectivity index (χ1n) is 8.89. The zero-order valence-corrected chi connectivity index (χ0v) is 17.8. The van der Waals surface area contributed by atoms with Gasteiger partial charge in [0.25, 0.3) is 5.91 Å². The fraction of sp³-hybridized carbons (Fsp3) is 0.0909. The monoisotopic (exact) mass is 470 g/mol. The Hall–Kier alpha value is -2.90. The molecule has 2 N–H and O–H groups in total. The average Bonchev–Trinajstić information content (AvgIpc) is 2.72. The van der Waals surface area contributed by atoms with Gasteiger partial charge in [-0.05, 0) is 60.7 Å². The van der Waals surface area contributed by atoms with Gasteiger partial charge < -0.3 is 14.8 Å². The summed E-state index contributed by atoms with van der Waals surface area (Å²) in [5, 5.41) is 5.86. The Morgan fingerprint density at radius 2 is 1.55 bits per heavy atom. The molecule has 0 unspecified atom stereocenters. The summed E-state index contributed by atoms with van der Waals surface area (Å²) in [5.41, 5.74) is 1.23. The molecule has 3 aromatic rings. The molecule has 0 aliphatic rings. The minimum atomic E-state index is -0.316. The van der Waals surface area contributed by atoms with Crippen LogP contribution in [0.5, 0.6) is 11.5 Å². The molecule has 0 heterocycles. The van der Waals surface area contributed by atoms with Gasteiger partial charge in [0, 0.05) is 15.7 Å². The van der Waals surface area contributed by atoms with E-state index >= 15 is 0 Å². The molecule has 0 aliphatic heterocycles. The number of carbonyl (C=O) groups excluding carboxylic acids is 1. The number of ether oxygens (including phenoxy) is 2. The summed E-state index contributed by atoms with van der Waals surface area (Å²) < 4.78 is 12.2. The standard InChI is InChI=1S/C22H19BrN2O3S/c23-17-7-5-8-18(15-17)24-22(29)25-21(26)16-6-4-11-20(14-16)28-13-12-27-19-9-2-1-3-10-19/h1-11,14-15H,12-13H2,(H2,24,25,26,29). The molecule has 29 heavy (non-hydrogen) atoms. The maximum atomic E-state index is 12.5. The van der Waals surface area contributed by atoms with Crippen LogP contribution in [0.1, 0.15) is 10.4 Å². The van der Waals surface area contributed by atoms with Crippen molar-refractivity contribution in [3.05, 3.63) is 88.9 Å². The summed E-state index contributed by atoms with van der Waals surface area (Å²) in [7, 11) is 0. The lowest BCUT2D eigenvalue weighted by Crippen LogP contribution is -2.34. The molecule has 5 nitrogen and oxygen atoms in total. The number of halogens is 1. The van der Waals surface area contributed by atoms with Crippen molar-refractivity contribution in [1.82, 2.24) is 5.32 Å². The zero-order chi connectivity index (χ0) is 20.5. The predicted octanol–water partition coefficient (Wildman–Crippen LogP) is 5.03. The van der Waals surface area contributed by atoms with E-state index in [1.165, 1.54) is 0 Å². The van der Waals surface area contributed by atoms with Crippen LogP contribution in [0.2, 0.25) is 0 Å². The Bertz CT molecular complexity index is 983. The van der Waals surface area contributed by atoms with Gasteiger partial charge in [0.15, 0.2) is 5.11 Å². The highest BCUT2D eigenvalue weighted by molar-refractivity contribution is 9.10. The van der Waals surface area contributed by atoms with Gasteiger partial charge in [-0.3, -0.25) is 10.1 Å². The fourth-order valence-electron chi connectivity index (χ4n) is 2.47. The number of para-hydroxylation sites is 1. The molecule has 3 aromatic carbocycles.